The van der Waals surface area contributed by atoms with Crippen LogP contribution in [0.25, 0.3) is 11.1 Å². The SMILES string of the molecule is CC1=C(C(=O)NCc2cncn2C)C(c2ccccc2Cl)N=C(Nc2nc3ccccc3o2)N1. The van der Waals surface area contributed by atoms with Gasteiger partial charge in [-0.2, -0.15) is 4.98 Å². The summed E-state index contributed by atoms with van der Waals surface area (Å²) in [6, 6.07) is 14.5. The van der Waals surface area contributed by atoms with E-state index in [2.05, 4.69) is 25.9 Å². The summed E-state index contributed by atoms with van der Waals surface area (Å²) in [5.41, 5.74) is 4.09. The van der Waals surface area contributed by atoms with Crippen LogP contribution in [0.2, 0.25) is 5.02 Å². The van der Waals surface area contributed by atoms with Crippen molar-refractivity contribution in [3.63, 3.8) is 0 Å². The summed E-state index contributed by atoms with van der Waals surface area (Å²) in [4.78, 5) is 26.6. The number of halogens is 1. The number of hydrogen-bond donors (Lipinski definition) is 3. The predicted octanol–water partition coefficient (Wildman–Crippen LogP) is 3.92. The molecule has 0 bridgehead atoms. The molecule has 10 heteroatoms. The number of imidazole rings is 1. The number of carbonyl (C=O) groups is 1. The molecule has 0 spiro atoms. The molecule has 1 atom stereocenters. The highest BCUT2D eigenvalue weighted by molar-refractivity contribution is 6.31. The van der Waals surface area contributed by atoms with E-state index in [4.69, 9.17) is 21.0 Å². The van der Waals surface area contributed by atoms with E-state index in [1.54, 1.807) is 18.6 Å². The number of aliphatic imine (C=N–C) groups is 1. The Balaban J connectivity index is 1.45. The molecule has 3 N–H and O–H groups in total. The lowest BCUT2D eigenvalue weighted by molar-refractivity contribution is -0.118. The average molecular weight is 476 g/mol. The molecule has 2 aromatic carbocycles. The third-order valence-electron chi connectivity index (χ3n) is 5.55. The number of hydrogen-bond acceptors (Lipinski definition) is 7. The molecule has 4 aromatic rings. The minimum atomic E-state index is -0.631. The van der Waals surface area contributed by atoms with E-state index in [-0.39, 0.29) is 5.91 Å². The number of nitrogens with one attached hydrogen (secondary N) is 3. The van der Waals surface area contributed by atoms with Gasteiger partial charge in [0, 0.05) is 29.5 Å². The Morgan fingerprint density at radius 3 is 2.76 bits per heavy atom. The number of aryl methyl sites for hydroxylation is 1. The Morgan fingerprint density at radius 2 is 2.00 bits per heavy atom. The first-order chi connectivity index (χ1) is 16.5. The third-order valence-corrected chi connectivity index (χ3v) is 5.90. The fraction of sp³-hybridized carbons (Fsp3) is 0.167. The Bertz CT molecular complexity index is 1400. The van der Waals surface area contributed by atoms with Gasteiger partial charge in [0.15, 0.2) is 5.58 Å². The Morgan fingerprint density at radius 1 is 1.21 bits per heavy atom. The summed E-state index contributed by atoms with van der Waals surface area (Å²) < 4.78 is 7.62. The van der Waals surface area contributed by atoms with Crippen LogP contribution >= 0.6 is 11.6 Å². The van der Waals surface area contributed by atoms with Gasteiger partial charge in [-0.3, -0.25) is 10.1 Å². The Labute approximate surface area is 200 Å². The number of guanidine groups is 1. The van der Waals surface area contributed by atoms with E-state index >= 15 is 0 Å². The largest absolute Gasteiger partial charge is 0.423 e. The van der Waals surface area contributed by atoms with Crippen molar-refractivity contribution in [2.24, 2.45) is 12.0 Å². The molecule has 9 nitrogen and oxygen atoms in total. The molecular weight excluding hydrogens is 454 g/mol. The summed E-state index contributed by atoms with van der Waals surface area (Å²) in [6.07, 6.45) is 3.40. The van der Waals surface area contributed by atoms with Gasteiger partial charge in [-0.05, 0) is 25.1 Å². The van der Waals surface area contributed by atoms with Crippen molar-refractivity contribution >= 4 is 40.6 Å². The molecule has 3 heterocycles. The molecule has 1 amide bonds. The molecule has 1 aliphatic rings. The number of allylic oxidation sites excluding steroid dienone is 1. The normalized spacial score (nSPS) is 15.7. The second kappa shape index (κ2) is 9.03. The topological polar surface area (TPSA) is 109 Å². The fourth-order valence-corrected chi connectivity index (χ4v) is 4.04. The van der Waals surface area contributed by atoms with E-state index in [1.165, 1.54) is 0 Å². The summed E-state index contributed by atoms with van der Waals surface area (Å²) in [6.45, 7) is 2.16. The van der Waals surface area contributed by atoms with Crippen LogP contribution in [0.3, 0.4) is 0 Å². The van der Waals surface area contributed by atoms with Crippen molar-refractivity contribution in [2.75, 3.05) is 5.32 Å². The van der Waals surface area contributed by atoms with Crippen LogP contribution in [-0.2, 0) is 18.4 Å². The first kappa shape index (κ1) is 21.7. The maximum atomic E-state index is 13.3. The van der Waals surface area contributed by atoms with E-state index in [9.17, 15) is 4.79 Å². The molecule has 34 heavy (non-hydrogen) atoms. The average Bonchev–Trinajstić information content (AvgIpc) is 3.42. The van der Waals surface area contributed by atoms with Gasteiger partial charge in [0.05, 0.1) is 24.1 Å². The highest BCUT2D eigenvalue weighted by Gasteiger charge is 2.31. The van der Waals surface area contributed by atoms with Gasteiger partial charge in [0.1, 0.15) is 11.6 Å². The molecule has 1 unspecified atom stereocenters. The van der Waals surface area contributed by atoms with Crippen LogP contribution in [-0.4, -0.2) is 26.4 Å². The monoisotopic (exact) mass is 475 g/mol. The maximum absolute atomic E-state index is 13.3. The first-order valence-electron chi connectivity index (χ1n) is 10.7. The van der Waals surface area contributed by atoms with Gasteiger partial charge in [0.25, 0.3) is 5.91 Å². The minimum Gasteiger partial charge on any atom is -0.423 e. The summed E-state index contributed by atoms with van der Waals surface area (Å²) >= 11 is 6.51. The molecule has 0 aliphatic carbocycles. The second-order valence-corrected chi connectivity index (χ2v) is 8.26. The van der Waals surface area contributed by atoms with Gasteiger partial charge < -0.3 is 19.6 Å². The van der Waals surface area contributed by atoms with E-state index in [1.807, 2.05) is 61.0 Å². The van der Waals surface area contributed by atoms with Gasteiger partial charge in [-0.15, -0.1) is 0 Å². The van der Waals surface area contributed by atoms with Crippen LogP contribution in [0, 0.1) is 0 Å². The highest BCUT2D eigenvalue weighted by Crippen LogP contribution is 2.35. The molecule has 0 fully saturated rings. The molecule has 5 rings (SSSR count). The van der Waals surface area contributed by atoms with Crippen LogP contribution in [0.1, 0.15) is 24.2 Å². The van der Waals surface area contributed by atoms with E-state index in [0.717, 1.165) is 11.2 Å². The fourth-order valence-electron chi connectivity index (χ4n) is 3.80. The van der Waals surface area contributed by atoms with Crippen molar-refractivity contribution in [2.45, 2.75) is 19.5 Å². The molecule has 172 valence electrons. The number of amides is 1. The summed E-state index contributed by atoms with van der Waals surface area (Å²) in [7, 11) is 1.88. The minimum absolute atomic E-state index is 0.249. The summed E-state index contributed by atoms with van der Waals surface area (Å²) in [5, 5.41) is 9.73. The van der Waals surface area contributed by atoms with Gasteiger partial charge in [-0.1, -0.05) is 41.9 Å². The lowest BCUT2D eigenvalue weighted by atomic mass is 9.95. The van der Waals surface area contributed by atoms with Crippen LogP contribution in [0.15, 0.2) is 81.7 Å². The van der Waals surface area contributed by atoms with E-state index < -0.39 is 6.04 Å². The number of carbonyl (C=O) groups excluding carboxylic acids is 1. The van der Waals surface area contributed by atoms with Crippen molar-refractivity contribution < 1.29 is 9.21 Å². The lowest BCUT2D eigenvalue weighted by Crippen LogP contribution is -2.39. The van der Waals surface area contributed by atoms with Crippen molar-refractivity contribution in [1.29, 1.82) is 0 Å². The zero-order valence-corrected chi connectivity index (χ0v) is 19.3. The first-order valence-corrected chi connectivity index (χ1v) is 11.0. The maximum Gasteiger partial charge on any atom is 0.302 e. The van der Waals surface area contributed by atoms with Gasteiger partial charge >= 0.3 is 6.01 Å². The number of fused-ring (bicyclic) bond motifs is 1. The zero-order valence-electron chi connectivity index (χ0n) is 18.5. The number of anilines is 1. The zero-order chi connectivity index (χ0) is 23.7. The van der Waals surface area contributed by atoms with Crippen LogP contribution in [0.4, 0.5) is 6.01 Å². The van der Waals surface area contributed by atoms with Crippen LogP contribution in [0.5, 0.6) is 0 Å². The standard InChI is InChI=1S/C24H22ClN7O2/c1-14-20(22(33)27-12-15-11-26-13-32(15)2)21(16-7-3-4-8-17(16)25)30-23(28-14)31-24-29-18-9-5-6-10-19(18)34-24/h3-11,13,21H,12H2,1-2H3,(H,27,33)(H2,28,29,30,31). The van der Waals surface area contributed by atoms with E-state index in [0.29, 0.717) is 46.0 Å². The predicted molar refractivity (Wildman–Crippen MR) is 130 cm³/mol. The number of rotatable bonds is 5. The Kier molecular flexibility index (Phi) is 5.77. The van der Waals surface area contributed by atoms with Crippen LogP contribution < -0.4 is 16.0 Å². The molecule has 0 saturated carbocycles. The Hall–Kier alpha value is -4.11. The number of benzene rings is 2. The second-order valence-electron chi connectivity index (χ2n) is 7.86. The molecular formula is C24H22ClN7O2. The number of nitrogens with zero attached hydrogens (tertiary/aromatic N) is 4. The van der Waals surface area contributed by atoms with Gasteiger partial charge in [-0.25, -0.2) is 9.98 Å². The molecule has 1 aliphatic heterocycles. The van der Waals surface area contributed by atoms with Crippen molar-refractivity contribution in [3.8, 4) is 0 Å². The lowest BCUT2D eigenvalue weighted by Gasteiger charge is -2.27. The van der Waals surface area contributed by atoms with Crippen molar-refractivity contribution in [3.05, 3.63) is 88.6 Å². The number of oxazole rings is 1. The quantitative estimate of drug-likeness (QED) is 0.403. The number of para-hydroxylation sites is 2. The smallest absolute Gasteiger partial charge is 0.302 e. The highest BCUT2D eigenvalue weighted by atomic mass is 35.5. The molecule has 0 radical (unpaired) electrons. The van der Waals surface area contributed by atoms with Crippen molar-refractivity contribution in [1.82, 2.24) is 25.2 Å². The van der Waals surface area contributed by atoms with Gasteiger partial charge in [0.2, 0.25) is 5.96 Å². The molecule has 0 saturated heterocycles. The molecule has 2 aromatic heterocycles. The third kappa shape index (κ3) is 4.25. The number of aromatic nitrogens is 3. The summed E-state index contributed by atoms with van der Waals surface area (Å²) in [5.74, 6) is 0.151.